The van der Waals surface area contributed by atoms with Crippen molar-refractivity contribution < 1.29 is 44.6 Å². The van der Waals surface area contributed by atoms with Crippen LogP contribution < -0.4 is 16.2 Å². The van der Waals surface area contributed by atoms with Crippen molar-refractivity contribution in [2.75, 3.05) is 19.5 Å². The number of phenols is 1. The molecule has 0 saturated carbocycles. The van der Waals surface area contributed by atoms with Crippen LogP contribution in [0.5, 0.6) is 11.5 Å². The number of aliphatic hydroxyl groups excluding tert-OH is 2. The number of nitrogen functional groups attached to an aromatic ring is 1. The number of hydroxylamine groups is 2. The Morgan fingerprint density at radius 2 is 1.95 bits per heavy atom. The van der Waals surface area contributed by atoms with E-state index in [9.17, 15) is 39.9 Å². The average molecular weight is 520 g/mol. The number of rotatable bonds is 7. The summed E-state index contributed by atoms with van der Waals surface area (Å²) in [4.78, 5) is 16.4. The van der Waals surface area contributed by atoms with Gasteiger partial charge >= 0.3 is 11.6 Å². The molecule has 1 saturated heterocycles. The van der Waals surface area contributed by atoms with Crippen LogP contribution in [0.25, 0.3) is 11.1 Å². The third-order valence-corrected chi connectivity index (χ3v) is 6.19. The monoisotopic (exact) mass is 520 g/mol. The molecule has 4 rings (SSSR count). The summed E-state index contributed by atoms with van der Waals surface area (Å²) < 4.78 is 25.0. The summed E-state index contributed by atoms with van der Waals surface area (Å²) in [6, 6.07) is 9.22. The molecular weight excluding hydrogens is 495 g/mol. The maximum Gasteiger partial charge on any atom is 0.353 e. The van der Waals surface area contributed by atoms with E-state index < -0.39 is 54.3 Å². The Hall–Kier alpha value is -3.63. The molecule has 4 atom stereocenters. The molecule has 2 aromatic carbocycles. The minimum absolute atomic E-state index is 0.0202. The highest BCUT2D eigenvalue weighted by Crippen LogP contribution is 2.45. The molecule has 0 unspecified atom stereocenters. The number of halogens is 1. The second kappa shape index (κ2) is 9.68. The van der Waals surface area contributed by atoms with Gasteiger partial charge in [-0.2, -0.15) is 0 Å². The van der Waals surface area contributed by atoms with E-state index in [0.717, 1.165) is 12.3 Å². The SMILES string of the molecule is COc1cc(CN(O)[C@@]2(O)[C@H](O)[C@@H](CO)O[C@]2(O)n2c(N)c(-c3ccccc3F)cnc2=O)ccc1O. The third kappa shape index (κ3) is 4.10. The highest BCUT2D eigenvalue weighted by Gasteiger charge is 2.70. The van der Waals surface area contributed by atoms with Crippen LogP contribution in [0.3, 0.4) is 0 Å². The van der Waals surface area contributed by atoms with Crippen LogP contribution in [0.15, 0.2) is 53.5 Å². The summed E-state index contributed by atoms with van der Waals surface area (Å²) in [5.74, 6) is -4.91. The highest BCUT2D eigenvalue weighted by atomic mass is 19.1. The molecule has 14 heteroatoms. The summed E-state index contributed by atoms with van der Waals surface area (Å²) in [7, 11) is 1.28. The minimum atomic E-state index is -3.34. The topological polar surface area (TPSA) is 204 Å². The first kappa shape index (κ1) is 26.4. The zero-order valence-electron chi connectivity index (χ0n) is 19.4. The van der Waals surface area contributed by atoms with Crippen molar-refractivity contribution in [3.05, 3.63) is 70.5 Å². The summed E-state index contributed by atoms with van der Waals surface area (Å²) in [5, 5.41) is 64.5. The van der Waals surface area contributed by atoms with Gasteiger partial charge in [0, 0.05) is 17.3 Å². The summed E-state index contributed by atoms with van der Waals surface area (Å²) in [6.07, 6.45) is -2.99. The number of benzene rings is 2. The quantitative estimate of drug-likeness (QED) is 0.152. The molecule has 198 valence electrons. The fraction of sp³-hybridized carbons (Fsp3) is 0.304. The van der Waals surface area contributed by atoms with E-state index in [4.69, 9.17) is 15.2 Å². The standard InChI is InChI=1S/C23H25FN4O9/c1-36-17-8-12(6-7-16(17)30)10-27(35)22(33)19(31)18(11-29)37-23(22,34)28-20(25)14(9-26-21(28)32)13-4-2-3-5-15(13)24/h2-9,18-19,29-31,33-35H,10-11,25H2,1H3/t18-,19-,22-,23+/m1/s1. The fourth-order valence-electron chi connectivity index (χ4n) is 4.25. The maximum absolute atomic E-state index is 14.5. The van der Waals surface area contributed by atoms with Crippen molar-refractivity contribution in [1.29, 1.82) is 0 Å². The summed E-state index contributed by atoms with van der Waals surface area (Å²) in [6.45, 7) is -1.58. The number of aliphatic hydroxyl groups is 4. The lowest BCUT2D eigenvalue weighted by Gasteiger charge is -2.42. The number of hydrogen-bond donors (Lipinski definition) is 7. The Kier molecular flexibility index (Phi) is 6.91. The van der Waals surface area contributed by atoms with E-state index in [1.165, 1.54) is 43.5 Å². The molecule has 0 bridgehead atoms. The number of nitrogens with two attached hydrogens (primary N) is 1. The largest absolute Gasteiger partial charge is 0.504 e. The molecule has 0 amide bonds. The van der Waals surface area contributed by atoms with Gasteiger partial charge < -0.3 is 45.9 Å². The predicted molar refractivity (Wildman–Crippen MR) is 123 cm³/mol. The summed E-state index contributed by atoms with van der Waals surface area (Å²) in [5.41, 5.74) is 1.53. The Morgan fingerprint density at radius 1 is 1.24 bits per heavy atom. The molecule has 8 N–H and O–H groups in total. The average Bonchev–Trinajstić information content (AvgIpc) is 3.07. The van der Waals surface area contributed by atoms with Gasteiger partial charge in [-0.15, -0.1) is 5.06 Å². The Balaban J connectivity index is 1.87. The number of phenolic OH excluding ortho intramolecular Hbond substituents is 1. The maximum atomic E-state index is 14.5. The highest BCUT2D eigenvalue weighted by molar-refractivity contribution is 5.73. The number of aromatic hydroxyl groups is 1. The van der Waals surface area contributed by atoms with Gasteiger partial charge in [-0.1, -0.05) is 24.3 Å². The van der Waals surface area contributed by atoms with Crippen molar-refractivity contribution in [3.8, 4) is 22.6 Å². The lowest BCUT2D eigenvalue weighted by molar-refractivity contribution is -0.413. The van der Waals surface area contributed by atoms with Gasteiger partial charge in [0.2, 0.25) is 5.72 Å². The molecule has 1 aliphatic heterocycles. The first-order valence-corrected chi connectivity index (χ1v) is 10.9. The van der Waals surface area contributed by atoms with E-state index in [1.807, 2.05) is 0 Å². The van der Waals surface area contributed by atoms with E-state index in [-0.39, 0.29) is 37.8 Å². The van der Waals surface area contributed by atoms with E-state index in [1.54, 1.807) is 0 Å². The predicted octanol–water partition coefficient (Wildman–Crippen LogP) is -0.720. The van der Waals surface area contributed by atoms with Gasteiger partial charge in [-0.25, -0.2) is 18.7 Å². The molecule has 0 spiro atoms. The number of hydrogen-bond acceptors (Lipinski definition) is 12. The molecule has 2 heterocycles. The van der Waals surface area contributed by atoms with Gasteiger partial charge in [0.05, 0.1) is 20.3 Å². The van der Waals surface area contributed by atoms with E-state index >= 15 is 0 Å². The first-order valence-electron chi connectivity index (χ1n) is 10.9. The number of ether oxygens (including phenoxy) is 2. The van der Waals surface area contributed by atoms with Crippen LogP contribution in [0.4, 0.5) is 10.2 Å². The number of anilines is 1. The van der Waals surface area contributed by atoms with Crippen molar-refractivity contribution in [2.45, 2.75) is 30.4 Å². The Bertz CT molecular complexity index is 1370. The molecule has 3 aromatic rings. The van der Waals surface area contributed by atoms with Crippen LogP contribution in [0, 0.1) is 5.82 Å². The number of aromatic nitrogens is 2. The van der Waals surface area contributed by atoms with Gasteiger partial charge in [0.15, 0.2) is 11.5 Å². The van der Waals surface area contributed by atoms with Gasteiger partial charge in [-0.05, 0) is 23.8 Å². The van der Waals surface area contributed by atoms with Crippen LogP contribution in [0.2, 0.25) is 0 Å². The minimum Gasteiger partial charge on any atom is -0.504 e. The molecule has 37 heavy (non-hydrogen) atoms. The van der Waals surface area contributed by atoms with E-state index in [2.05, 4.69) is 4.98 Å². The van der Waals surface area contributed by atoms with Gasteiger partial charge in [0.1, 0.15) is 23.8 Å². The van der Waals surface area contributed by atoms with Crippen LogP contribution in [-0.4, -0.2) is 77.0 Å². The summed E-state index contributed by atoms with van der Waals surface area (Å²) >= 11 is 0. The smallest absolute Gasteiger partial charge is 0.353 e. The van der Waals surface area contributed by atoms with Crippen molar-refractivity contribution in [3.63, 3.8) is 0 Å². The molecular formula is C23H25FN4O9. The second-order valence-corrected chi connectivity index (χ2v) is 8.34. The molecule has 0 aliphatic carbocycles. The van der Waals surface area contributed by atoms with Gasteiger partial charge in [0.25, 0.3) is 0 Å². The second-order valence-electron chi connectivity index (χ2n) is 8.34. The number of methoxy groups -OCH3 is 1. The normalized spacial score (nSPS) is 25.5. The molecule has 0 radical (unpaired) electrons. The van der Waals surface area contributed by atoms with Crippen molar-refractivity contribution in [2.24, 2.45) is 0 Å². The Labute approximate surface area is 208 Å². The lowest BCUT2D eigenvalue weighted by atomic mass is 9.99. The van der Waals surface area contributed by atoms with Crippen molar-refractivity contribution >= 4 is 5.82 Å². The van der Waals surface area contributed by atoms with Crippen LogP contribution >= 0.6 is 0 Å². The molecule has 1 fully saturated rings. The lowest BCUT2D eigenvalue weighted by Crippen LogP contribution is -2.68. The van der Waals surface area contributed by atoms with Crippen molar-refractivity contribution in [1.82, 2.24) is 14.6 Å². The number of nitrogens with zero attached hydrogens (tertiary/aromatic N) is 3. The molecule has 1 aliphatic rings. The van der Waals surface area contributed by atoms with E-state index in [0.29, 0.717) is 0 Å². The van der Waals surface area contributed by atoms with Crippen LogP contribution in [-0.2, 0) is 17.2 Å². The zero-order chi connectivity index (χ0) is 27.1. The third-order valence-electron chi connectivity index (χ3n) is 6.19. The molecule has 13 nitrogen and oxygen atoms in total. The van der Waals surface area contributed by atoms with Gasteiger partial charge in [-0.3, -0.25) is 0 Å². The first-order chi connectivity index (χ1) is 17.5. The fourth-order valence-corrected chi connectivity index (χ4v) is 4.25. The molecule has 1 aromatic heterocycles. The van der Waals surface area contributed by atoms with Crippen LogP contribution in [0.1, 0.15) is 5.56 Å². The Morgan fingerprint density at radius 3 is 2.59 bits per heavy atom. The zero-order valence-corrected chi connectivity index (χ0v) is 19.4.